The number of rotatable bonds is 1. The summed E-state index contributed by atoms with van der Waals surface area (Å²) in [6, 6.07) is 3.65. The summed E-state index contributed by atoms with van der Waals surface area (Å²) in [7, 11) is 0. The lowest BCUT2D eigenvalue weighted by atomic mass is 10.0. The van der Waals surface area contributed by atoms with Gasteiger partial charge in [0.25, 0.3) is 0 Å². The lowest BCUT2D eigenvalue weighted by molar-refractivity contribution is -0.143. The van der Waals surface area contributed by atoms with E-state index in [-0.39, 0.29) is 11.9 Å². The third kappa shape index (κ3) is 0.887. The molecule has 0 aromatic carbocycles. The van der Waals surface area contributed by atoms with Crippen LogP contribution in [0, 0.1) is 0 Å². The molecule has 0 spiro atoms. The molecule has 0 amide bonds. The zero-order valence-corrected chi connectivity index (χ0v) is 6.33. The molecule has 0 radical (unpaired) electrons. The molecule has 1 aromatic rings. The molecule has 1 aromatic heterocycles. The monoisotopic (exact) mass is 164 g/mol. The van der Waals surface area contributed by atoms with E-state index < -0.39 is 0 Å². The van der Waals surface area contributed by atoms with Crippen molar-refractivity contribution < 1.29 is 9.63 Å². The predicted octanol–water partition coefficient (Wildman–Crippen LogP) is 0.673. The minimum Gasteiger partial charge on any atom is -0.364 e. The summed E-state index contributed by atoms with van der Waals surface area (Å²) in [6.07, 6.45) is 1.76. The Hall–Kier alpha value is -1.71. The van der Waals surface area contributed by atoms with Crippen molar-refractivity contribution >= 4 is 5.97 Å². The summed E-state index contributed by atoms with van der Waals surface area (Å²) in [5.74, 6) is -0.706. The molecule has 1 aliphatic rings. The van der Waals surface area contributed by atoms with Crippen molar-refractivity contribution in [1.82, 2.24) is 10.5 Å². The molecule has 12 heavy (non-hydrogen) atoms. The first-order valence-electron chi connectivity index (χ1n) is 3.58. The largest absolute Gasteiger partial charge is 0.364 e. The van der Waals surface area contributed by atoms with Crippen molar-refractivity contribution in [3.63, 3.8) is 0 Å². The van der Waals surface area contributed by atoms with E-state index in [1.165, 1.54) is 0 Å². The maximum atomic E-state index is 11.1. The fourth-order valence-corrected chi connectivity index (χ4v) is 1.21. The standard InChI is InChI=1S/C8H8N2O2/c1-5-7(8(11)12-10-5)6-3-2-4-9-6/h2-4,7,9-10H,1H2. The summed E-state index contributed by atoms with van der Waals surface area (Å²) in [6.45, 7) is 3.67. The van der Waals surface area contributed by atoms with Gasteiger partial charge in [0, 0.05) is 11.9 Å². The van der Waals surface area contributed by atoms with E-state index in [0.29, 0.717) is 5.70 Å². The zero-order chi connectivity index (χ0) is 8.55. The second-order valence-electron chi connectivity index (χ2n) is 2.61. The van der Waals surface area contributed by atoms with Crippen LogP contribution < -0.4 is 5.48 Å². The normalized spacial score (nSPS) is 22.2. The summed E-state index contributed by atoms with van der Waals surface area (Å²) in [4.78, 5) is 18.6. The first-order chi connectivity index (χ1) is 5.79. The Morgan fingerprint density at radius 1 is 1.58 bits per heavy atom. The number of carbonyl (C=O) groups is 1. The number of nitrogens with one attached hydrogen (secondary N) is 2. The fraction of sp³-hybridized carbons (Fsp3) is 0.125. The van der Waals surface area contributed by atoms with Gasteiger partial charge in [-0.15, -0.1) is 0 Å². The molecule has 1 aliphatic heterocycles. The van der Waals surface area contributed by atoms with E-state index in [4.69, 9.17) is 0 Å². The number of carbonyl (C=O) groups excluding carboxylic acids is 1. The summed E-state index contributed by atoms with van der Waals surface area (Å²) in [5.41, 5.74) is 3.82. The van der Waals surface area contributed by atoms with E-state index >= 15 is 0 Å². The molecule has 4 nitrogen and oxygen atoms in total. The number of hydroxylamine groups is 1. The van der Waals surface area contributed by atoms with Crippen LogP contribution >= 0.6 is 0 Å². The summed E-state index contributed by atoms with van der Waals surface area (Å²) in [5, 5.41) is 0. The van der Waals surface area contributed by atoms with Gasteiger partial charge in [-0.3, -0.25) is 0 Å². The average Bonchev–Trinajstić information content (AvgIpc) is 2.61. The van der Waals surface area contributed by atoms with Crippen molar-refractivity contribution in [3.05, 3.63) is 36.3 Å². The molecule has 1 unspecified atom stereocenters. The van der Waals surface area contributed by atoms with Gasteiger partial charge in [0.2, 0.25) is 0 Å². The second kappa shape index (κ2) is 2.41. The van der Waals surface area contributed by atoms with Crippen LogP contribution in [0.3, 0.4) is 0 Å². The third-order valence-corrected chi connectivity index (χ3v) is 1.80. The number of hydrogen-bond donors (Lipinski definition) is 2. The van der Waals surface area contributed by atoms with Gasteiger partial charge >= 0.3 is 5.97 Å². The quantitative estimate of drug-likeness (QED) is 0.641. The molecule has 1 fully saturated rings. The van der Waals surface area contributed by atoms with Gasteiger partial charge < -0.3 is 9.82 Å². The minimum absolute atomic E-state index is 0.317. The lowest BCUT2D eigenvalue weighted by Crippen LogP contribution is -2.06. The molecule has 2 N–H and O–H groups in total. The first-order valence-corrected chi connectivity index (χ1v) is 3.58. The zero-order valence-electron chi connectivity index (χ0n) is 6.33. The van der Waals surface area contributed by atoms with Gasteiger partial charge in [0.15, 0.2) is 0 Å². The smallest absolute Gasteiger partial charge is 0.346 e. The van der Waals surface area contributed by atoms with Crippen molar-refractivity contribution in [2.45, 2.75) is 5.92 Å². The van der Waals surface area contributed by atoms with Gasteiger partial charge in [-0.25, -0.2) is 10.3 Å². The number of hydrogen-bond acceptors (Lipinski definition) is 3. The van der Waals surface area contributed by atoms with Crippen molar-refractivity contribution in [3.8, 4) is 0 Å². The molecule has 1 atom stereocenters. The molecule has 62 valence electrons. The number of H-pyrrole nitrogens is 1. The van der Waals surface area contributed by atoms with E-state index in [1.807, 2.05) is 12.1 Å². The highest BCUT2D eigenvalue weighted by Crippen LogP contribution is 2.25. The van der Waals surface area contributed by atoms with Crippen molar-refractivity contribution in [1.29, 1.82) is 0 Å². The molecular weight excluding hydrogens is 156 g/mol. The molecule has 2 heterocycles. The Kier molecular flexibility index (Phi) is 1.40. The van der Waals surface area contributed by atoms with Crippen molar-refractivity contribution in [2.75, 3.05) is 0 Å². The van der Waals surface area contributed by atoms with Gasteiger partial charge in [-0.2, -0.15) is 0 Å². The van der Waals surface area contributed by atoms with Crippen LogP contribution in [0.4, 0.5) is 0 Å². The summed E-state index contributed by atoms with van der Waals surface area (Å²) >= 11 is 0. The van der Waals surface area contributed by atoms with E-state index in [2.05, 4.69) is 21.9 Å². The van der Waals surface area contributed by atoms with E-state index in [9.17, 15) is 4.79 Å². The van der Waals surface area contributed by atoms with Crippen LogP contribution in [0.25, 0.3) is 0 Å². The van der Waals surface area contributed by atoms with Gasteiger partial charge in [0.1, 0.15) is 5.92 Å². The molecule has 0 saturated carbocycles. The Labute approximate surface area is 69.2 Å². The predicted molar refractivity (Wildman–Crippen MR) is 41.9 cm³/mol. The SMILES string of the molecule is C=C1NOC(=O)C1c1ccc[nH]1. The van der Waals surface area contributed by atoms with Crippen LogP contribution in [0.1, 0.15) is 11.6 Å². The highest BCUT2D eigenvalue weighted by molar-refractivity contribution is 5.83. The molecule has 0 bridgehead atoms. The lowest BCUT2D eigenvalue weighted by Gasteiger charge is -2.00. The minimum atomic E-state index is -0.389. The van der Waals surface area contributed by atoms with Crippen LogP contribution in [-0.2, 0) is 9.63 Å². The molecule has 0 aliphatic carbocycles. The Balaban J connectivity index is 2.34. The number of aromatic amines is 1. The summed E-state index contributed by atoms with van der Waals surface area (Å²) < 4.78 is 0. The Morgan fingerprint density at radius 2 is 2.42 bits per heavy atom. The second-order valence-corrected chi connectivity index (χ2v) is 2.61. The average molecular weight is 164 g/mol. The van der Waals surface area contributed by atoms with Gasteiger partial charge in [-0.05, 0) is 12.1 Å². The maximum absolute atomic E-state index is 11.1. The van der Waals surface area contributed by atoms with Crippen LogP contribution in [0.5, 0.6) is 0 Å². The topological polar surface area (TPSA) is 54.1 Å². The van der Waals surface area contributed by atoms with E-state index in [0.717, 1.165) is 5.69 Å². The highest BCUT2D eigenvalue weighted by Gasteiger charge is 2.32. The Morgan fingerprint density at radius 3 is 2.92 bits per heavy atom. The molecule has 2 rings (SSSR count). The first kappa shape index (κ1) is 6.97. The van der Waals surface area contributed by atoms with Crippen LogP contribution in [0.2, 0.25) is 0 Å². The van der Waals surface area contributed by atoms with Crippen molar-refractivity contribution in [2.24, 2.45) is 0 Å². The van der Waals surface area contributed by atoms with E-state index in [1.54, 1.807) is 6.20 Å². The van der Waals surface area contributed by atoms with Gasteiger partial charge in [0.05, 0.1) is 5.70 Å². The molecule has 1 saturated heterocycles. The Bertz CT molecular complexity index is 300. The van der Waals surface area contributed by atoms with Gasteiger partial charge in [-0.1, -0.05) is 6.58 Å². The van der Waals surface area contributed by atoms with Crippen LogP contribution in [0.15, 0.2) is 30.6 Å². The molecular formula is C8H8N2O2. The van der Waals surface area contributed by atoms with Crippen LogP contribution in [-0.4, -0.2) is 11.0 Å². The third-order valence-electron chi connectivity index (χ3n) is 1.80. The number of aromatic nitrogens is 1. The molecule has 4 heteroatoms. The highest BCUT2D eigenvalue weighted by atomic mass is 16.7. The maximum Gasteiger partial charge on any atom is 0.346 e. The fourth-order valence-electron chi connectivity index (χ4n) is 1.21.